The lowest BCUT2D eigenvalue weighted by atomic mass is 9.97. The van der Waals surface area contributed by atoms with Crippen molar-refractivity contribution in [3.8, 4) is 11.5 Å². The van der Waals surface area contributed by atoms with Crippen LogP contribution in [0.5, 0.6) is 11.5 Å². The van der Waals surface area contributed by atoms with Gasteiger partial charge in [0.1, 0.15) is 6.10 Å². The predicted molar refractivity (Wildman–Crippen MR) is 102 cm³/mol. The van der Waals surface area contributed by atoms with Gasteiger partial charge < -0.3 is 19.7 Å². The highest BCUT2D eigenvalue weighted by Gasteiger charge is 2.51. The van der Waals surface area contributed by atoms with Crippen LogP contribution in [-0.2, 0) is 14.8 Å². The Bertz CT molecular complexity index is 1040. The van der Waals surface area contributed by atoms with Crippen LogP contribution >= 0.6 is 0 Å². The van der Waals surface area contributed by atoms with Crippen molar-refractivity contribution in [2.45, 2.75) is 42.1 Å². The number of ether oxygens (including phenoxy) is 2. The largest absolute Gasteiger partial charge is 0.486 e. The number of likely N-dealkylation sites (N-methyl/N-ethyl adjacent to an activating group) is 1. The number of rotatable bonds is 6. The molecule has 29 heavy (non-hydrogen) atoms. The first-order valence-corrected chi connectivity index (χ1v) is 10.7. The van der Waals surface area contributed by atoms with E-state index in [1.807, 2.05) is 6.07 Å². The molecule has 3 atom stereocenters. The monoisotopic (exact) mass is 419 g/mol. The molecule has 0 radical (unpaired) electrons. The van der Waals surface area contributed by atoms with Gasteiger partial charge in [-0.2, -0.15) is 0 Å². The number of aliphatic hydroxyl groups is 1. The fourth-order valence-corrected chi connectivity index (χ4v) is 5.17. The van der Waals surface area contributed by atoms with E-state index >= 15 is 0 Å². The molecule has 3 unspecified atom stereocenters. The summed E-state index contributed by atoms with van der Waals surface area (Å²) in [6.45, 7) is 0. The Morgan fingerprint density at radius 2 is 1.90 bits per heavy atom. The molecular weight excluding hydrogens is 398 g/mol. The number of hydrogen-bond donors (Lipinski definition) is 2. The first-order chi connectivity index (χ1) is 13.7. The fraction of sp³-hybridized carbons (Fsp3) is 0.350. The molecular formula is C20H21NO7S. The predicted octanol–water partition coefficient (Wildman–Crippen LogP) is 2.15. The topological polar surface area (TPSA) is 113 Å². The molecule has 2 aliphatic rings. The third-order valence-electron chi connectivity index (χ3n) is 5.49. The Balaban J connectivity index is 1.71. The molecule has 1 fully saturated rings. The summed E-state index contributed by atoms with van der Waals surface area (Å²) in [7, 11) is -3.40. The molecule has 9 heteroatoms. The molecule has 1 heterocycles. The normalized spacial score (nSPS) is 22.4. The SMILES string of the molecule is CN(C(O)(Oc1cccc2c1OC1CCCC21)C(=O)O)S(=O)(=O)c1ccccc1. The molecule has 2 N–H and O–H groups in total. The quantitative estimate of drug-likeness (QED) is 0.690. The number of carbonyl (C=O) groups is 1. The summed E-state index contributed by atoms with van der Waals surface area (Å²) < 4.78 is 37.4. The van der Waals surface area contributed by atoms with Crippen LogP contribution < -0.4 is 9.47 Å². The summed E-state index contributed by atoms with van der Waals surface area (Å²) in [5.41, 5.74) is 0.881. The highest BCUT2D eigenvalue weighted by atomic mass is 32.2. The third-order valence-corrected chi connectivity index (χ3v) is 7.33. The lowest BCUT2D eigenvalue weighted by molar-refractivity contribution is -0.225. The van der Waals surface area contributed by atoms with E-state index < -0.39 is 21.9 Å². The summed E-state index contributed by atoms with van der Waals surface area (Å²) in [5, 5.41) is 20.5. The lowest BCUT2D eigenvalue weighted by Crippen LogP contribution is -2.59. The molecule has 2 aromatic rings. The van der Waals surface area contributed by atoms with Gasteiger partial charge in [0.2, 0.25) is 10.0 Å². The van der Waals surface area contributed by atoms with Gasteiger partial charge in [0.25, 0.3) is 0 Å². The van der Waals surface area contributed by atoms with E-state index in [1.54, 1.807) is 12.1 Å². The number of benzene rings is 2. The van der Waals surface area contributed by atoms with Gasteiger partial charge >= 0.3 is 11.9 Å². The minimum atomic E-state index is -4.35. The number of sulfonamides is 1. The van der Waals surface area contributed by atoms with Crippen molar-refractivity contribution >= 4 is 16.0 Å². The summed E-state index contributed by atoms with van der Waals surface area (Å²) in [4.78, 5) is 11.7. The van der Waals surface area contributed by atoms with E-state index in [-0.39, 0.29) is 22.7 Å². The minimum Gasteiger partial charge on any atom is -0.486 e. The Labute approximate surface area is 168 Å². The van der Waals surface area contributed by atoms with E-state index in [1.165, 1.54) is 30.3 Å². The molecule has 2 aromatic carbocycles. The van der Waals surface area contributed by atoms with Gasteiger partial charge in [-0.3, -0.25) is 0 Å². The van der Waals surface area contributed by atoms with Crippen LogP contribution in [0.2, 0.25) is 0 Å². The number of para-hydroxylation sites is 1. The number of carboxylic acid groups (broad SMARTS) is 1. The van der Waals surface area contributed by atoms with Gasteiger partial charge in [0.05, 0.1) is 4.90 Å². The van der Waals surface area contributed by atoms with Crippen LogP contribution in [-0.4, -0.2) is 48.0 Å². The molecule has 1 aliphatic heterocycles. The molecule has 1 aliphatic carbocycles. The van der Waals surface area contributed by atoms with E-state index in [4.69, 9.17) is 9.47 Å². The van der Waals surface area contributed by atoms with Gasteiger partial charge in [-0.05, 0) is 37.5 Å². The Kier molecular flexibility index (Phi) is 4.76. The number of carboxylic acids is 1. The van der Waals surface area contributed by atoms with Crippen molar-refractivity contribution in [2.24, 2.45) is 0 Å². The van der Waals surface area contributed by atoms with Crippen molar-refractivity contribution in [1.29, 1.82) is 0 Å². The molecule has 0 amide bonds. The number of hydrogen-bond acceptors (Lipinski definition) is 6. The van der Waals surface area contributed by atoms with Gasteiger partial charge in [-0.1, -0.05) is 30.3 Å². The summed E-state index contributed by atoms with van der Waals surface area (Å²) in [6.07, 6.45) is 2.85. The zero-order chi connectivity index (χ0) is 20.8. The van der Waals surface area contributed by atoms with Crippen molar-refractivity contribution in [2.75, 3.05) is 7.05 Å². The number of fused-ring (bicyclic) bond motifs is 3. The Morgan fingerprint density at radius 3 is 2.59 bits per heavy atom. The third kappa shape index (κ3) is 3.15. The molecule has 154 valence electrons. The number of aliphatic carboxylic acids is 1. The summed E-state index contributed by atoms with van der Waals surface area (Å²) in [6, 6.07) is 12.2. The molecule has 1 saturated carbocycles. The summed E-state index contributed by atoms with van der Waals surface area (Å²) >= 11 is 0. The smallest absolute Gasteiger partial charge is 0.396 e. The van der Waals surface area contributed by atoms with E-state index in [9.17, 15) is 23.4 Å². The molecule has 0 aromatic heterocycles. The van der Waals surface area contributed by atoms with Crippen molar-refractivity contribution in [3.05, 3.63) is 54.1 Å². The van der Waals surface area contributed by atoms with Gasteiger partial charge in [0, 0.05) is 18.5 Å². The second-order valence-corrected chi connectivity index (χ2v) is 9.14. The molecule has 4 rings (SSSR count). The van der Waals surface area contributed by atoms with E-state index in [0.717, 1.165) is 31.9 Å². The maximum atomic E-state index is 12.9. The Hall–Kier alpha value is -2.62. The maximum absolute atomic E-state index is 12.9. The lowest BCUT2D eigenvalue weighted by Gasteiger charge is -2.32. The fourth-order valence-electron chi connectivity index (χ4n) is 3.91. The standard InChI is InChI=1S/C20H21NO7S/c1-21(29(25,26)13-7-3-2-4-8-13)20(24,19(22)23)28-17-12-6-10-15-14-9-5-11-16(14)27-18(15)17/h2-4,6-8,10,12,14,16,24H,5,9,11H2,1H3,(H,22,23). The van der Waals surface area contributed by atoms with Gasteiger partial charge in [-0.25, -0.2) is 13.2 Å². The average molecular weight is 419 g/mol. The first kappa shape index (κ1) is 19.7. The van der Waals surface area contributed by atoms with Gasteiger partial charge in [0.15, 0.2) is 11.5 Å². The summed E-state index contributed by atoms with van der Waals surface area (Å²) in [5.74, 6) is -4.50. The second kappa shape index (κ2) is 7.01. The van der Waals surface area contributed by atoms with Crippen LogP contribution in [0.25, 0.3) is 0 Å². The highest BCUT2D eigenvalue weighted by molar-refractivity contribution is 7.89. The molecule has 0 bridgehead atoms. The minimum absolute atomic E-state index is 0.0153. The second-order valence-electron chi connectivity index (χ2n) is 7.17. The van der Waals surface area contributed by atoms with Crippen LogP contribution in [0, 0.1) is 0 Å². The van der Waals surface area contributed by atoms with Gasteiger partial charge in [-0.15, -0.1) is 4.31 Å². The molecule has 8 nitrogen and oxygen atoms in total. The highest BCUT2D eigenvalue weighted by Crippen LogP contribution is 2.51. The maximum Gasteiger partial charge on any atom is 0.396 e. The van der Waals surface area contributed by atoms with Crippen molar-refractivity contribution in [3.63, 3.8) is 0 Å². The zero-order valence-corrected chi connectivity index (χ0v) is 16.5. The average Bonchev–Trinajstić information content (AvgIpc) is 3.30. The van der Waals surface area contributed by atoms with Crippen LogP contribution in [0.15, 0.2) is 53.4 Å². The van der Waals surface area contributed by atoms with Crippen molar-refractivity contribution in [1.82, 2.24) is 4.31 Å². The van der Waals surface area contributed by atoms with E-state index in [0.29, 0.717) is 10.1 Å². The van der Waals surface area contributed by atoms with E-state index in [2.05, 4.69) is 0 Å². The number of nitrogens with zero attached hydrogens (tertiary/aromatic N) is 1. The van der Waals surface area contributed by atoms with Crippen LogP contribution in [0.3, 0.4) is 0 Å². The van der Waals surface area contributed by atoms with Crippen molar-refractivity contribution < 1.29 is 32.9 Å². The zero-order valence-electron chi connectivity index (χ0n) is 15.7. The van der Waals surface area contributed by atoms with Crippen LogP contribution in [0.4, 0.5) is 0 Å². The van der Waals surface area contributed by atoms with Crippen LogP contribution in [0.1, 0.15) is 30.7 Å². The molecule has 0 saturated heterocycles. The first-order valence-electron chi connectivity index (χ1n) is 9.23. The molecule has 0 spiro atoms. The Morgan fingerprint density at radius 1 is 1.17 bits per heavy atom.